The molecule has 0 unspecified atom stereocenters. The molecule has 3 aromatic rings. The number of nitrogens with zero attached hydrogens (tertiary/aromatic N) is 1. The molecule has 1 aliphatic rings. The van der Waals surface area contributed by atoms with Crippen molar-refractivity contribution in [3.63, 3.8) is 0 Å². The van der Waals surface area contributed by atoms with E-state index in [1.165, 1.54) is 17.8 Å². The summed E-state index contributed by atoms with van der Waals surface area (Å²) in [6.07, 6.45) is 5.55. The normalized spacial score (nSPS) is 15.1. The number of H-pyrrole nitrogens is 1. The Morgan fingerprint density at radius 2 is 2.00 bits per heavy atom. The molecule has 1 N–H and O–H groups in total. The van der Waals surface area contributed by atoms with Crippen LogP contribution in [0.25, 0.3) is 10.9 Å². The van der Waals surface area contributed by atoms with Crippen LogP contribution in [0.4, 0.5) is 0 Å². The first-order valence-electron chi connectivity index (χ1n) is 9.59. The highest BCUT2D eigenvalue weighted by Crippen LogP contribution is 2.27. The molecule has 1 fully saturated rings. The van der Waals surface area contributed by atoms with Crippen LogP contribution in [0.3, 0.4) is 0 Å². The molecular formula is C22H24N2O2S. The van der Waals surface area contributed by atoms with E-state index in [-0.39, 0.29) is 17.5 Å². The van der Waals surface area contributed by atoms with Gasteiger partial charge in [-0.25, -0.2) is 0 Å². The van der Waals surface area contributed by atoms with Crippen molar-refractivity contribution in [3.8, 4) is 0 Å². The van der Waals surface area contributed by atoms with Crippen LogP contribution < -0.4 is 5.56 Å². The minimum absolute atomic E-state index is 0.0423. The first-order chi connectivity index (χ1) is 13.1. The summed E-state index contributed by atoms with van der Waals surface area (Å²) >= 11 is 1.47. The molecule has 0 saturated heterocycles. The number of carbonyl (C=O) groups is 1. The fourth-order valence-corrected chi connectivity index (χ4v) is 4.71. The molecule has 0 atom stereocenters. The van der Waals surface area contributed by atoms with Crippen molar-refractivity contribution in [3.05, 3.63) is 68.1 Å². The number of amides is 1. The first-order valence-corrected chi connectivity index (χ1v) is 10.5. The van der Waals surface area contributed by atoms with Crippen LogP contribution in [0, 0.1) is 6.92 Å². The number of para-hydroxylation sites is 1. The largest absolute Gasteiger partial charge is 0.330 e. The Morgan fingerprint density at radius 3 is 2.74 bits per heavy atom. The summed E-state index contributed by atoms with van der Waals surface area (Å²) in [4.78, 5) is 31.6. The topological polar surface area (TPSA) is 53.2 Å². The van der Waals surface area contributed by atoms with Crippen molar-refractivity contribution in [1.82, 2.24) is 9.88 Å². The van der Waals surface area contributed by atoms with E-state index in [0.717, 1.165) is 47.0 Å². The zero-order valence-corrected chi connectivity index (χ0v) is 16.3. The molecule has 0 radical (unpaired) electrons. The Kier molecular flexibility index (Phi) is 5.12. The lowest BCUT2D eigenvalue weighted by Crippen LogP contribution is -2.41. The van der Waals surface area contributed by atoms with Crippen LogP contribution in [-0.2, 0) is 6.54 Å². The van der Waals surface area contributed by atoms with E-state index < -0.39 is 0 Å². The van der Waals surface area contributed by atoms with Crippen LogP contribution in [0.5, 0.6) is 0 Å². The third-order valence-electron chi connectivity index (χ3n) is 5.51. The lowest BCUT2D eigenvalue weighted by Gasteiger charge is -2.34. The number of fused-ring (bicyclic) bond motifs is 1. The standard InChI is InChI=1S/C22H24N2O2S/c1-15-7-5-8-16-13-17(21(25)23-20(15)16)14-24(18-9-3-2-4-10-18)22(26)19-11-6-12-27-19/h5-8,11-13,18H,2-4,9-10,14H2,1H3,(H,23,25). The third kappa shape index (κ3) is 3.69. The van der Waals surface area contributed by atoms with E-state index in [9.17, 15) is 9.59 Å². The molecule has 0 bridgehead atoms. The van der Waals surface area contributed by atoms with Crippen molar-refractivity contribution in [2.24, 2.45) is 0 Å². The monoisotopic (exact) mass is 380 g/mol. The molecule has 1 saturated carbocycles. The summed E-state index contributed by atoms with van der Waals surface area (Å²) in [5, 5.41) is 2.94. The number of rotatable bonds is 4. The third-order valence-corrected chi connectivity index (χ3v) is 6.37. The second-order valence-corrected chi connectivity index (χ2v) is 8.31. The van der Waals surface area contributed by atoms with Crippen LogP contribution in [0.1, 0.15) is 52.9 Å². The maximum Gasteiger partial charge on any atom is 0.264 e. The van der Waals surface area contributed by atoms with Gasteiger partial charge in [0.05, 0.1) is 16.9 Å². The number of carbonyl (C=O) groups excluding carboxylic acids is 1. The number of aromatic amines is 1. The van der Waals surface area contributed by atoms with E-state index >= 15 is 0 Å². The fraction of sp³-hybridized carbons (Fsp3) is 0.364. The van der Waals surface area contributed by atoms with E-state index in [1.807, 2.05) is 53.6 Å². The predicted molar refractivity (Wildman–Crippen MR) is 110 cm³/mol. The van der Waals surface area contributed by atoms with Crippen molar-refractivity contribution < 1.29 is 4.79 Å². The zero-order chi connectivity index (χ0) is 18.8. The number of aromatic nitrogens is 1. The minimum Gasteiger partial charge on any atom is -0.330 e. The van der Waals surface area contributed by atoms with Crippen LogP contribution in [0.2, 0.25) is 0 Å². The molecule has 1 amide bonds. The summed E-state index contributed by atoms with van der Waals surface area (Å²) < 4.78 is 0. The van der Waals surface area contributed by atoms with Gasteiger partial charge in [-0.1, -0.05) is 43.5 Å². The van der Waals surface area contributed by atoms with E-state index in [0.29, 0.717) is 12.1 Å². The number of benzene rings is 1. The summed E-state index contributed by atoms with van der Waals surface area (Å²) in [6.45, 7) is 2.35. The van der Waals surface area contributed by atoms with Gasteiger partial charge in [-0.3, -0.25) is 9.59 Å². The molecule has 1 aromatic carbocycles. The van der Waals surface area contributed by atoms with E-state index in [4.69, 9.17) is 0 Å². The van der Waals surface area contributed by atoms with E-state index in [2.05, 4.69) is 4.98 Å². The average Bonchev–Trinajstić information content (AvgIpc) is 3.22. The summed E-state index contributed by atoms with van der Waals surface area (Å²) in [5.41, 5.74) is 2.48. The Balaban J connectivity index is 1.70. The molecule has 4 rings (SSSR count). The van der Waals surface area contributed by atoms with Gasteiger partial charge in [0.15, 0.2) is 0 Å². The lowest BCUT2D eigenvalue weighted by molar-refractivity contribution is 0.0618. The van der Waals surface area contributed by atoms with Gasteiger partial charge < -0.3 is 9.88 Å². The van der Waals surface area contributed by atoms with Crippen molar-refractivity contribution >= 4 is 28.1 Å². The van der Waals surface area contributed by atoms with Gasteiger partial charge in [-0.15, -0.1) is 11.3 Å². The quantitative estimate of drug-likeness (QED) is 0.702. The predicted octanol–water partition coefficient (Wildman–Crippen LogP) is 4.87. The molecule has 140 valence electrons. The number of nitrogens with one attached hydrogen (secondary N) is 1. The molecule has 27 heavy (non-hydrogen) atoms. The summed E-state index contributed by atoms with van der Waals surface area (Å²) in [5.74, 6) is 0.0423. The highest BCUT2D eigenvalue weighted by molar-refractivity contribution is 7.12. The molecule has 4 nitrogen and oxygen atoms in total. The van der Waals surface area contributed by atoms with Crippen LogP contribution in [0.15, 0.2) is 46.6 Å². The molecule has 0 spiro atoms. The van der Waals surface area contributed by atoms with Gasteiger partial charge in [0.1, 0.15) is 0 Å². The molecule has 1 aliphatic carbocycles. The Bertz CT molecular complexity index is 1000. The Hall–Kier alpha value is -2.40. The molecule has 2 aromatic heterocycles. The fourth-order valence-electron chi connectivity index (χ4n) is 4.03. The lowest BCUT2D eigenvalue weighted by atomic mass is 9.93. The number of hydrogen-bond acceptors (Lipinski definition) is 3. The molecule has 0 aliphatic heterocycles. The van der Waals surface area contributed by atoms with Crippen molar-refractivity contribution in [1.29, 1.82) is 0 Å². The summed E-state index contributed by atoms with van der Waals surface area (Å²) in [6, 6.07) is 11.9. The smallest absolute Gasteiger partial charge is 0.264 e. The summed E-state index contributed by atoms with van der Waals surface area (Å²) in [7, 11) is 0. The van der Waals surface area contributed by atoms with Crippen molar-refractivity contribution in [2.75, 3.05) is 0 Å². The van der Waals surface area contributed by atoms with Gasteiger partial charge in [-0.2, -0.15) is 0 Å². The molecule has 5 heteroatoms. The van der Waals surface area contributed by atoms with Gasteiger partial charge in [0.25, 0.3) is 11.5 Å². The number of thiophene rings is 1. The van der Waals surface area contributed by atoms with Gasteiger partial charge in [-0.05, 0) is 48.2 Å². The molecular weight excluding hydrogens is 356 g/mol. The average molecular weight is 381 g/mol. The zero-order valence-electron chi connectivity index (χ0n) is 15.5. The highest BCUT2D eigenvalue weighted by atomic mass is 32.1. The first kappa shape index (κ1) is 18.0. The van der Waals surface area contributed by atoms with Gasteiger partial charge in [0, 0.05) is 11.6 Å². The maximum atomic E-state index is 13.2. The minimum atomic E-state index is -0.100. The van der Waals surface area contributed by atoms with Crippen molar-refractivity contribution in [2.45, 2.75) is 51.6 Å². The Labute approximate surface area is 162 Å². The van der Waals surface area contributed by atoms with E-state index in [1.54, 1.807) is 0 Å². The maximum absolute atomic E-state index is 13.2. The van der Waals surface area contributed by atoms with Gasteiger partial charge in [0.2, 0.25) is 0 Å². The highest BCUT2D eigenvalue weighted by Gasteiger charge is 2.27. The number of aryl methyl sites for hydroxylation is 1. The second kappa shape index (κ2) is 7.69. The number of pyridine rings is 1. The molecule has 2 heterocycles. The van der Waals surface area contributed by atoms with Crippen LogP contribution >= 0.6 is 11.3 Å². The van der Waals surface area contributed by atoms with Crippen LogP contribution in [-0.4, -0.2) is 21.8 Å². The van der Waals surface area contributed by atoms with Gasteiger partial charge >= 0.3 is 0 Å². The number of hydrogen-bond donors (Lipinski definition) is 1. The SMILES string of the molecule is Cc1cccc2cc(CN(C(=O)c3cccs3)C3CCCCC3)c(=O)[nH]c12. The second-order valence-electron chi connectivity index (χ2n) is 7.37. The Morgan fingerprint density at radius 1 is 1.19 bits per heavy atom.